The van der Waals surface area contributed by atoms with Crippen molar-refractivity contribution in [3.63, 3.8) is 0 Å². The van der Waals surface area contributed by atoms with Crippen molar-refractivity contribution in [1.82, 2.24) is 25.6 Å². The van der Waals surface area contributed by atoms with Crippen molar-refractivity contribution >= 4 is 23.0 Å². The predicted octanol–water partition coefficient (Wildman–Crippen LogP) is 3.58. The molecule has 2 heterocycles. The van der Waals surface area contributed by atoms with Gasteiger partial charge in [0.15, 0.2) is 5.65 Å². The van der Waals surface area contributed by atoms with E-state index in [0.29, 0.717) is 17.9 Å². The van der Waals surface area contributed by atoms with Crippen LogP contribution >= 0.6 is 0 Å². The second-order valence-electron chi connectivity index (χ2n) is 7.96. The molecule has 27 heavy (non-hydrogen) atoms. The van der Waals surface area contributed by atoms with Gasteiger partial charge in [-0.05, 0) is 57.6 Å². The Bertz CT molecular complexity index is 783. The van der Waals surface area contributed by atoms with Crippen molar-refractivity contribution in [1.29, 1.82) is 0 Å². The van der Waals surface area contributed by atoms with Gasteiger partial charge < -0.3 is 16.0 Å². The van der Waals surface area contributed by atoms with Crippen LogP contribution in [0, 0.1) is 0 Å². The number of amides is 2. The molecule has 1 fully saturated rings. The van der Waals surface area contributed by atoms with Crippen LogP contribution in [-0.2, 0) is 0 Å². The molecule has 146 valence electrons. The molecule has 2 amide bonds. The average Bonchev–Trinajstić information content (AvgIpc) is 2.62. The maximum Gasteiger partial charge on any atom is 0.315 e. The summed E-state index contributed by atoms with van der Waals surface area (Å²) in [6.07, 6.45) is 5.69. The molecular weight excluding hydrogens is 340 g/mol. The molecule has 3 N–H and O–H groups in total. The number of nitrogens with one attached hydrogen (secondary N) is 3. The molecule has 2 aromatic heterocycles. The molecule has 2 aromatic rings. The molecule has 1 aliphatic rings. The summed E-state index contributed by atoms with van der Waals surface area (Å²) in [7, 11) is 0. The van der Waals surface area contributed by atoms with E-state index >= 15 is 0 Å². The second kappa shape index (κ2) is 8.50. The summed E-state index contributed by atoms with van der Waals surface area (Å²) in [4.78, 5) is 25.5. The molecule has 0 radical (unpaired) electrons. The van der Waals surface area contributed by atoms with E-state index < -0.39 is 0 Å². The van der Waals surface area contributed by atoms with Crippen LogP contribution in [0.5, 0.6) is 0 Å². The molecular formula is C20H30N6O. The first-order chi connectivity index (χ1) is 12.9. The Balaban J connectivity index is 1.56. The minimum atomic E-state index is -0.0775. The zero-order chi connectivity index (χ0) is 19.4. The summed E-state index contributed by atoms with van der Waals surface area (Å²) in [5, 5.41) is 10.3. The molecule has 7 nitrogen and oxygen atoms in total. The fourth-order valence-electron chi connectivity index (χ4n) is 3.37. The zero-order valence-electron chi connectivity index (χ0n) is 16.6. The van der Waals surface area contributed by atoms with Gasteiger partial charge in [-0.1, -0.05) is 13.8 Å². The van der Waals surface area contributed by atoms with Crippen LogP contribution in [0.4, 0.5) is 10.7 Å². The van der Waals surface area contributed by atoms with Crippen LogP contribution in [0.3, 0.4) is 0 Å². The van der Waals surface area contributed by atoms with E-state index in [9.17, 15) is 4.79 Å². The van der Waals surface area contributed by atoms with Crippen molar-refractivity contribution in [2.75, 3.05) is 5.32 Å². The van der Waals surface area contributed by atoms with Gasteiger partial charge in [-0.15, -0.1) is 0 Å². The maximum absolute atomic E-state index is 11.8. The van der Waals surface area contributed by atoms with E-state index in [1.54, 1.807) is 0 Å². The van der Waals surface area contributed by atoms with Crippen LogP contribution < -0.4 is 16.0 Å². The molecule has 0 aromatic carbocycles. The fourth-order valence-corrected chi connectivity index (χ4v) is 3.37. The van der Waals surface area contributed by atoms with Gasteiger partial charge in [-0.3, -0.25) is 0 Å². The average molecular weight is 371 g/mol. The van der Waals surface area contributed by atoms with Gasteiger partial charge >= 0.3 is 6.03 Å². The van der Waals surface area contributed by atoms with Crippen LogP contribution in [0.25, 0.3) is 11.0 Å². The molecule has 1 aliphatic carbocycles. The van der Waals surface area contributed by atoms with Crippen LogP contribution in [0.2, 0.25) is 0 Å². The number of fused-ring (bicyclic) bond motifs is 1. The van der Waals surface area contributed by atoms with Gasteiger partial charge in [-0.2, -0.15) is 4.98 Å². The number of aromatic nitrogens is 3. The molecule has 0 atom stereocenters. The molecule has 0 spiro atoms. The Hall–Kier alpha value is -2.44. The van der Waals surface area contributed by atoms with Crippen molar-refractivity contribution in [3.05, 3.63) is 24.0 Å². The monoisotopic (exact) mass is 370 g/mol. The largest absolute Gasteiger partial charge is 0.351 e. The van der Waals surface area contributed by atoms with Crippen LogP contribution in [0.15, 0.2) is 18.3 Å². The minimum Gasteiger partial charge on any atom is -0.351 e. The molecule has 0 saturated heterocycles. The summed E-state index contributed by atoms with van der Waals surface area (Å²) >= 11 is 0. The smallest absolute Gasteiger partial charge is 0.315 e. The summed E-state index contributed by atoms with van der Waals surface area (Å²) in [6, 6.07) is 4.69. The Morgan fingerprint density at radius 2 is 1.74 bits per heavy atom. The first-order valence-electron chi connectivity index (χ1n) is 9.88. The van der Waals surface area contributed by atoms with Gasteiger partial charge in [-0.25, -0.2) is 14.8 Å². The van der Waals surface area contributed by atoms with E-state index in [1.807, 2.05) is 32.2 Å². The molecule has 0 bridgehead atoms. The SMILES string of the molecule is CC(C)NC(=O)NC1CCC(Nc2ncc3ccc(C(C)C)nc3n2)CC1. The summed E-state index contributed by atoms with van der Waals surface area (Å²) in [6.45, 7) is 8.18. The van der Waals surface area contributed by atoms with Gasteiger partial charge in [0, 0.05) is 35.4 Å². The number of rotatable bonds is 5. The maximum atomic E-state index is 11.8. The van der Waals surface area contributed by atoms with Gasteiger partial charge in [0.1, 0.15) is 0 Å². The highest BCUT2D eigenvalue weighted by atomic mass is 16.2. The van der Waals surface area contributed by atoms with Crippen molar-refractivity contribution < 1.29 is 4.79 Å². The lowest BCUT2D eigenvalue weighted by Crippen LogP contribution is -2.46. The topological polar surface area (TPSA) is 91.8 Å². The van der Waals surface area contributed by atoms with Gasteiger partial charge in [0.05, 0.1) is 0 Å². The normalized spacial score (nSPS) is 20.1. The number of hydrogen-bond acceptors (Lipinski definition) is 5. The van der Waals surface area contributed by atoms with E-state index in [0.717, 1.165) is 42.4 Å². The van der Waals surface area contributed by atoms with Gasteiger partial charge in [0.2, 0.25) is 5.95 Å². The zero-order valence-corrected chi connectivity index (χ0v) is 16.6. The fraction of sp³-hybridized carbons (Fsp3) is 0.600. The van der Waals surface area contributed by atoms with Gasteiger partial charge in [0.25, 0.3) is 0 Å². The predicted molar refractivity (Wildman–Crippen MR) is 108 cm³/mol. The number of hydrogen-bond donors (Lipinski definition) is 3. The Morgan fingerprint density at radius 3 is 2.41 bits per heavy atom. The van der Waals surface area contributed by atoms with Crippen LogP contribution in [0.1, 0.15) is 65.0 Å². The molecule has 3 rings (SSSR count). The van der Waals surface area contributed by atoms with E-state index in [2.05, 4.69) is 44.7 Å². The lowest BCUT2D eigenvalue weighted by Gasteiger charge is -2.29. The molecule has 1 saturated carbocycles. The minimum absolute atomic E-state index is 0.0775. The molecule has 0 unspecified atom stereocenters. The van der Waals surface area contributed by atoms with E-state index in [4.69, 9.17) is 0 Å². The third kappa shape index (κ3) is 5.28. The molecule has 7 heteroatoms. The number of pyridine rings is 1. The van der Waals surface area contributed by atoms with Crippen molar-refractivity contribution in [3.8, 4) is 0 Å². The Labute approximate surface area is 160 Å². The lowest BCUT2D eigenvalue weighted by atomic mass is 9.91. The number of nitrogens with zero attached hydrogens (tertiary/aromatic N) is 3. The van der Waals surface area contributed by atoms with Crippen molar-refractivity contribution in [2.24, 2.45) is 0 Å². The Morgan fingerprint density at radius 1 is 1.04 bits per heavy atom. The van der Waals surface area contributed by atoms with E-state index in [-0.39, 0.29) is 18.1 Å². The Kier molecular flexibility index (Phi) is 6.08. The number of carbonyl (C=O) groups excluding carboxylic acids is 1. The number of urea groups is 1. The third-order valence-corrected chi connectivity index (χ3v) is 4.87. The quantitative estimate of drug-likeness (QED) is 0.748. The first kappa shape index (κ1) is 19.3. The summed E-state index contributed by atoms with van der Waals surface area (Å²) < 4.78 is 0. The molecule has 0 aliphatic heterocycles. The summed E-state index contributed by atoms with van der Waals surface area (Å²) in [5.74, 6) is 1.00. The van der Waals surface area contributed by atoms with E-state index in [1.165, 1.54) is 0 Å². The highest BCUT2D eigenvalue weighted by Crippen LogP contribution is 2.22. The number of anilines is 1. The second-order valence-corrected chi connectivity index (χ2v) is 7.96. The highest BCUT2D eigenvalue weighted by molar-refractivity contribution is 5.75. The highest BCUT2D eigenvalue weighted by Gasteiger charge is 2.23. The van der Waals surface area contributed by atoms with Crippen LogP contribution in [-0.4, -0.2) is 39.1 Å². The summed E-state index contributed by atoms with van der Waals surface area (Å²) in [5.41, 5.74) is 1.78. The first-order valence-corrected chi connectivity index (χ1v) is 9.88. The number of carbonyl (C=O) groups is 1. The van der Waals surface area contributed by atoms with Crippen molar-refractivity contribution in [2.45, 2.75) is 77.4 Å². The standard InChI is InChI=1S/C20H30N6O/c1-12(2)17-10-5-14-11-21-19(26-18(14)25-17)23-15-6-8-16(9-7-15)24-20(27)22-13(3)4/h5,10-13,15-16H,6-9H2,1-4H3,(H2,22,24,27)(H,21,23,25,26). The lowest BCUT2D eigenvalue weighted by molar-refractivity contribution is 0.229. The third-order valence-electron chi connectivity index (χ3n) is 4.87.